The molecule has 134 valence electrons. The molecule has 1 aliphatic rings. The molecule has 0 aliphatic carbocycles. The molecule has 5 heteroatoms. The van der Waals surface area contributed by atoms with Crippen molar-refractivity contribution < 1.29 is 13.9 Å². The predicted molar refractivity (Wildman–Crippen MR) is 98.6 cm³/mol. The SMILES string of the molecule is COc1cccc(N2CCC(CNC(=O)c3c(C)oc(C)c3C)C2)c1. The van der Waals surface area contributed by atoms with Crippen LogP contribution in [0, 0.1) is 26.7 Å². The molecule has 1 aliphatic heterocycles. The molecule has 0 spiro atoms. The van der Waals surface area contributed by atoms with Crippen molar-refractivity contribution in [3.63, 3.8) is 0 Å². The number of ether oxygens (including phenoxy) is 1. The van der Waals surface area contributed by atoms with E-state index in [9.17, 15) is 4.79 Å². The summed E-state index contributed by atoms with van der Waals surface area (Å²) in [5.41, 5.74) is 2.78. The van der Waals surface area contributed by atoms with Gasteiger partial charge in [-0.2, -0.15) is 0 Å². The van der Waals surface area contributed by atoms with Crippen molar-refractivity contribution in [1.29, 1.82) is 0 Å². The molecule has 25 heavy (non-hydrogen) atoms. The molecule has 1 unspecified atom stereocenters. The molecule has 2 aromatic rings. The Morgan fingerprint density at radius 3 is 2.80 bits per heavy atom. The van der Waals surface area contributed by atoms with Crippen LogP contribution in [0.2, 0.25) is 0 Å². The number of carbonyl (C=O) groups is 1. The minimum Gasteiger partial charge on any atom is -0.497 e. The second kappa shape index (κ2) is 7.21. The maximum atomic E-state index is 12.5. The number of methoxy groups -OCH3 is 1. The van der Waals surface area contributed by atoms with E-state index in [1.54, 1.807) is 7.11 Å². The van der Waals surface area contributed by atoms with E-state index in [2.05, 4.69) is 22.3 Å². The zero-order valence-electron chi connectivity index (χ0n) is 15.4. The minimum atomic E-state index is -0.0355. The van der Waals surface area contributed by atoms with Gasteiger partial charge in [0.1, 0.15) is 17.3 Å². The zero-order chi connectivity index (χ0) is 18.0. The normalized spacial score (nSPS) is 17.0. The Morgan fingerprint density at radius 1 is 1.32 bits per heavy atom. The number of hydrogen-bond acceptors (Lipinski definition) is 4. The van der Waals surface area contributed by atoms with E-state index in [-0.39, 0.29) is 5.91 Å². The molecule has 1 saturated heterocycles. The van der Waals surface area contributed by atoms with E-state index in [4.69, 9.17) is 9.15 Å². The molecule has 1 fully saturated rings. The monoisotopic (exact) mass is 342 g/mol. The van der Waals surface area contributed by atoms with Gasteiger partial charge in [0.15, 0.2) is 0 Å². The summed E-state index contributed by atoms with van der Waals surface area (Å²) >= 11 is 0. The Labute approximate surface area is 149 Å². The van der Waals surface area contributed by atoms with Crippen molar-refractivity contribution >= 4 is 11.6 Å². The van der Waals surface area contributed by atoms with Crippen LogP contribution in [0.1, 0.15) is 33.9 Å². The maximum absolute atomic E-state index is 12.5. The van der Waals surface area contributed by atoms with E-state index < -0.39 is 0 Å². The summed E-state index contributed by atoms with van der Waals surface area (Å²) in [6.07, 6.45) is 1.07. The quantitative estimate of drug-likeness (QED) is 0.904. The van der Waals surface area contributed by atoms with E-state index in [1.807, 2.05) is 32.9 Å². The molecule has 1 aromatic heterocycles. The third-order valence-electron chi connectivity index (χ3n) is 5.04. The number of aryl methyl sites for hydroxylation is 2. The van der Waals surface area contributed by atoms with Crippen LogP contribution >= 0.6 is 0 Å². The summed E-state index contributed by atoms with van der Waals surface area (Å²) in [7, 11) is 1.68. The van der Waals surface area contributed by atoms with E-state index in [0.717, 1.165) is 36.6 Å². The molecule has 1 N–H and O–H groups in total. The van der Waals surface area contributed by atoms with Gasteiger partial charge in [0.05, 0.1) is 12.7 Å². The average molecular weight is 342 g/mol. The van der Waals surface area contributed by atoms with Crippen molar-refractivity contribution in [2.75, 3.05) is 31.6 Å². The molecule has 1 aromatic carbocycles. The van der Waals surface area contributed by atoms with Gasteiger partial charge in [-0.3, -0.25) is 4.79 Å². The first-order chi connectivity index (χ1) is 12.0. The van der Waals surface area contributed by atoms with Gasteiger partial charge in [-0.1, -0.05) is 6.07 Å². The lowest BCUT2D eigenvalue weighted by Gasteiger charge is -2.19. The number of hydrogen-bond donors (Lipinski definition) is 1. The van der Waals surface area contributed by atoms with Gasteiger partial charge >= 0.3 is 0 Å². The lowest BCUT2D eigenvalue weighted by Crippen LogP contribution is -2.31. The van der Waals surface area contributed by atoms with E-state index >= 15 is 0 Å². The molecule has 0 radical (unpaired) electrons. The van der Waals surface area contributed by atoms with Crippen LogP contribution in [-0.2, 0) is 0 Å². The Bertz CT molecular complexity index is 766. The Morgan fingerprint density at radius 2 is 2.12 bits per heavy atom. The number of carbonyl (C=O) groups excluding carboxylic acids is 1. The Hall–Kier alpha value is -2.43. The third-order valence-corrected chi connectivity index (χ3v) is 5.04. The number of anilines is 1. The lowest BCUT2D eigenvalue weighted by atomic mass is 10.1. The summed E-state index contributed by atoms with van der Waals surface area (Å²) in [6.45, 7) is 8.28. The highest BCUT2D eigenvalue weighted by atomic mass is 16.5. The molecule has 0 bridgehead atoms. The maximum Gasteiger partial charge on any atom is 0.255 e. The van der Waals surface area contributed by atoms with Crippen LogP contribution in [0.25, 0.3) is 0 Å². The highest BCUT2D eigenvalue weighted by molar-refractivity contribution is 5.96. The number of furan rings is 1. The van der Waals surface area contributed by atoms with Gasteiger partial charge in [-0.15, -0.1) is 0 Å². The predicted octanol–water partition coefficient (Wildman–Crippen LogP) is 3.47. The fourth-order valence-corrected chi connectivity index (χ4v) is 3.49. The molecule has 1 amide bonds. The zero-order valence-corrected chi connectivity index (χ0v) is 15.4. The Balaban J connectivity index is 1.57. The van der Waals surface area contributed by atoms with Crippen molar-refractivity contribution in [2.45, 2.75) is 27.2 Å². The molecular weight excluding hydrogens is 316 g/mol. The number of nitrogens with one attached hydrogen (secondary N) is 1. The fraction of sp³-hybridized carbons (Fsp3) is 0.450. The van der Waals surface area contributed by atoms with Gasteiger partial charge in [0.25, 0.3) is 5.91 Å². The van der Waals surface area contributed by atoms with Crippen LogP contribution in [-0.4, -0.2) is 32.7 Å². The topological polar surface area (TPSA) is 54.7 Å². The number of rotatable bonds is 5. The average Bonchev–Trinajstić information content (AvgIpc) is 3.18. The molecule has 3 rings (SSSR count). The summed E-state index contributed by atoms with van der Waals surface area (Å²) in [5.74, 6) is 2.79. The lowest BCUT2D eigenvalue weighted by molar-refractivity contribution is 0.0946. The summed E-state index contributed by atoms with van der Waals surface area (Å²) in [4.78, 5) is 14.8. The summed E-state index contributed by atoms with van der Waals surface area (Å²) < 4.78 is 10.9. The van der Waals surface area contributed by atoms with Gasteiger partial charge < -0.3 is 19.4 Å². The van der Waals surface area contributed by atoms with Crippen molar-refractivity contribution in [3.8, 4) is 5.75 Å². The molecule has 1 atom stereocenters. The van der Waals surface area contributed by atoms with Crippen molar-refractivity contribution in [1.82, 2.24) is 5.32 Å². The van der Waals surface area contributed by atoms with Crippen LogP contribution in [0.15, 0.2) is 28.7 Å². The first-order valence-electron chi connectivity index (χ1n) is 8.73. The van der Waals surface area contributed by atoms with Crippen molar-refractivity contribution in [3.05, 3.63) is 46.9 Å². The van der Waals surface area contributed by atoms with Gasteiger partial charge in [0.2, 0.25) is 0 Å². The van der Waals surface area contributed by atoms with Gasteiger partial charge in [0, 0.05) is 37.0 Å². The highest BCUT2D eigenvalue weighted by Gasteiger charge is 2.25. The second-order valence-corrected chi connectivity index (χ2v) is 6.73. The van der Waals surface area contributed by atoms with Gasteiger partial charge in [-0.25, -0.2) is 0 Å². The smallest absolute Gasteiger partial charge is 0.255 e. The van der Waals surface area contributed by atoms with Crippen LogP contribution in [0.4, 0.5) is 5.69 Å². The number of amides is 1. The minimum absolute atomic E-state index is 0.0355. The van der Waals surface area contributed by atoms with Crippen LogP contribution in [0.5, 0.6) is 5.75 Å². The molecule has 5 nitrogen and oxygen atoms in total. The number of benzene rings is 1. The first kappa shape index (κ1) is 17.4. The third kappa shape index (κ3) is 3.65. The largest absolute Gasteiger partial charge is 0.497 e. The van der Waals surface area contributed by atoms with Crippen LogP contribution in [0.3, 0.4) is 0 Å². The molecule has 2 heterocycles. The second-order valence-electron chi connectivity index (χ2n) is 6.73. The van der Waals surface area contributed by atoms with E-state index in [1.165, 1.54) is 5.69 Å². The van der Waals surface area contributed by atoms with Crippen molar-refractivity contribution in [2.24, 2.45) is 5.92 Å². The fourth-order valence-electron chi connectivity index (χ4n) is 3.49. The van der Waals surface area contributed by atoms with Crippen LogP contribution < -0.4 is 15.0 Å². The Kier molecular flexibility index (Phi) is 5.02. The summed E-state index contributed by atoms with van der Waals surface area (Å²) in [6, 6.07) is 8.12. The standard InChI is InChI=1S/C20H26N2O3/c1-13-14(2)25-15(3)19(13)20(23)21-11-16-8-9-22(12-16)17-6-5-7-18(10-17)24-4/h5-7,10,16H,8-9,11-12H2,1-4H3,(H,21,23). The first-order valence-corrected chi connectivity index (χ1v) is 8.73. The van der Waals surface area contributed by atoms with Gasteiger partial charge in [-0.05, 0) is 45.2 Å². The number of nitrogens with zero attached hydrogens (tertiary/aromatic N) is 1. The molecule has 0 saturated carbocycles. The molecular formula is C20H26N2O3. The van der Waals surface area contributed by atoms with E-state index in [0.29, 0.717) is 23.8 Å². The highest BCUT2D eigenvalue weighted by Crippen LogP contribution is 2.27. The summed E-state index contributed by atoms with van der Waals surface area (Å²) in [5, 5.41) is 3.08.